The van der Waals surface area contributed by atoms with Gasteiger partial charge >= 0.3 is 0 Å². The molecule has 1 aliphatic rings. The molecule has 1 aliphatic carbocycles. The van der Waals surface area contributed by atoms with Crippen LogP contribution in [0, 0.1) is 11.2 Å². The number of aliphatic hydroxyl groups is 2. The molecule has 1 saturated carbocycles. The molecule has 10 heteroatoms. The van der Waals surface area contributed by atoms with Gasteiger partial charge in [0.1, 0.15) is 16.6 Å². The molecule has 3 aromatic rings. The van der Waals surface area contributed by atoms with Crippen LogP contribution in [0.3, 0.4) is 0 Å². The van der Waals surface area contributed by atoms with E-state index >= 15 is 0 Å². The Kier molecular flexibility index (Phi) is 7.94. The van der Waals surface area contributed by atoms with Crippen LogP contribution in [0.25, 0.3) is 10.6 Å². The van der Waals surface area contributed by atoms with E-state index in [1.54, 1.807) is 0 Å². The van der Waals surface area contributed by atoms with Crippen molar-refractivity contribution in [3.63, 3.8) is 0 Å². The fourth-order valence-electron chi connectivity index (χ4n) is 4.82. The summed E-state index contributed by atoms with van der Waals surface area (Å²) in [5.41, 5.74) is 3.15. The van der Waals surface area contributed by atoms with Crippen molar-refractivity contribution in [2.75, 3.05) is 11.8 Å². The zero-order valence-corrected chi connectivity index (χ0v) is 23.0. The van der Waals surface area contributed by atoms with E-state index in [1.165, 1.54) is 55.1 Å². The number of nitrogens with zero attached hydrogens (tertiary/aromatic N) is 1. The van der Waals surface area contributed by atoms with Gasteiger partial charge in [-0.15, -0.1) is 11.3 Å². The van der Waals surface area contributed by atoms with Crippen molar-refractivity contribution in [1.29, 1.82) is 0 Å². The second-order valence-electron chi connectivity index (χ2n) is 10.3. The summed E-state index contributed by atoms with van der Waals surface area (Å²) in [6.45, 7) is 6.73. The third-order valence-electron chi connectivity index (χ3n) is 7.15. The molecular formula is C27H33FN2O5S2. The number of hydrogen-bond acceptors (Lipinski definition) is 7. The van der Waals surface area contributed by atoms with E-state index in [1.807, 2.05) is 6.07 Å². The summed E-state index contributed by atoms with van der Waals surface area (Å²) in [4.78, 5) is 4.40. The standard InChI is InChI=1S/C27H33FN2O5S2/c1-5-16-12-18(17-8-10-27(2,3)11-9-17)6-7-19(16)25-29-24(15-36-25)37(33,34)30-22-14-21(28)20(26(31)32)13-23(22)35-4/h6-7,12-15,17,26,30-32H,5,8-11H2,1-4H3. The molecule has 1 fully saturated rings. The van der Waals surface area contributed by atoms with Gasteiger partial charge in [-0.05, 0) is 60.6 Å². The fourth-order valence-corrected chi connectivity index (χ4v) is 7.04. The topological polar surface area (TPSA) is 109 Å². The summed E-state index contributed by atoms with van der Waals surface area (Å²) in [5, 5.41) is 20.5. The second kappa shape index (κ2) is 10.7. The van der Waals surface area contributed by atoms with Crippen LogP contribution in [0.2, 0.25) is 0 Å². The highest BCUT2D eigenvalue weighted by molar-refractivity contribution is 7.92. The fraction of sp³-hybridized carbons (Fsp3) is 0.444. The third kappa shape index (κ3) is 5.98. The number of thiazole rings is 1. The number of rotatable bonds is 8. The quantitative estimate of drug-likeness (QED) is 0.299. The highest BCUT2D eigenvalue weighted by Crippen LogP contribution is 2.43. The van der Waals surface area contributed by atoms with Crippen LogP contribution in [0.4, 0.5) is 10.1 Å². The average Bonchev–Trinajstić information content (AvgIpc) is 3.34. The van der Waals surface area contributed by atoms with Crippen LogP contribution in [-0.2, 0) is 16.4 Å². The first-order chi connectivity index (χ1) is 17.4. The Bertz CT molecular complexity index is 1380. The normalized spacial score (nSPS) is 16.2. The number of sulfonamides is 1. The summed E-state index contributed by atoms with van der Waals surface area (Å²) in [6.07, 6.45) is 3.48. The van der Waals surface area contributed by atoms with Gasteiger partial charge in [-0.1, -0.05) is 39.0 Å². The lowest BCUT2D eigenvalue weighted by Crippen LogP contribution is -2.20. The minimum absolute atomic E-state index is 0.0570. The number of nitrogens with one attached hydrogen (secondary N) is 1. The molecule has 0 radical (unpaired) electrons. The Balaban J connectivity index is 1.59. The van der Waals surface area contributed by atoms with Crippen molar-refractivity contribution in [2.24, 2.45) is 5.41 Å². The summed E-state index contributed by atoms with van der Waals surface area (Å²) >= 11 is 1.23. The monoisotopic (exact) mass is 548 g/mol. The molecule has 37 heavy (non-hydrogen) atoms. The minimum atomic E-state index is -4.16. The summed E-state index contributed by atoms with van der Waals surface area (Å²) < 4.78 is 47.8. The Labute approximate surface area is 221 Å². The Morgan fingerprint density at radius 1 is 1.22 bits per heavy atom. The molecule has 0 bridgehead atoms. The van der Waals surface area contributed by atoms with Crippen molar-refractivity contribution < 1.29 is 27.8 Å². The molecule has 3 N–H and O–H groups in total. The van der Waals surface area contributed by atoms with E-state index < -0.39 is 27.7 Å². The number of halogens is 1. The summed E-state index contributed by atoms with van der Waals surface area (Å²) in [7, 11) is -2.89. The van der Waals surface area contributed by atoms with E-state index in [0.29, 0.717) is 16.3 Å². The van der Waals surface area contributed by atoms with Gasteiger partial charge in [0.05, 0.1) is 12.8 Å². The maximum Gasteiger partial charge on any atom is 0.280 e. The number of aromatic nitrogens is 1. The van der Waals surface area contributed by atoms with Gasteiger partial charge in [-0.2, -0.15) is 8.42 Å². The van der Waals surface area contributed by atoms with Gasteiger partial charge in [0.2, 0.25) is 0 Å². The molecule has 7 nitrogen and oxygen atoms in total. The number of aryl methyl sites for hydroxylation is 1. The van der Waals surface area contributed by atoms with Crippen molar-refractivity contribution in [2.45, 2.75) is 70.1 Å². The summed E-state index contributed by atoms with van der Waals surface area (Å²) in [6, 6.07) is 8.28. The number of hydrogen-bond donors (Lipinski definition) is 3. The minimum Gasteiger partial charge on any atom is -0.495 e. The van der Waals surface area contributed by atoms with Gasteiger partial charge < -0.3 is 14.9 Å². The first-order valence-corrected chi connectivity index (χ1v) is 14.7. The smallest absolute Gasteiger partial charge is 0.280 e. The Morgan fingerprint density at radius 3 is 2.54 bits per heavy atom. The van der Waals surface area contributed by atoms with Gasteiger partial charge in [0, 0.05) is 22.6 Å². The maximum atomic E-state index is 14.3. The molecule has 0 saturated heterocycles. The van der Waals surface area contributed by atoms with Crippen molar-refractivity contribution in [3.8, 4) is 16.3 Å². The molecule has 0 unspecified atom stereocenters. The zero-order chi connectivity index (χ0) is 27.0. The molecule has 4 rings (SSSR count). The first kappa shape index (κ1) is 27.5. The number of anilines is 1. The highest BCUT2D eigenvalue weighted by Gasteiger charge is 2.28. The van der Waals surface area contributed by atoms with Crippen LogP contribution in [0.1, 0.15) is 75.4 Å². The van der Waals surface area contributed by atoms with Crippen molar-refractivity contribution in [1.82, 2.24) is 4.98 Å². The van der Waals surface area contributed by atoms with Crippen LogP contribution >= 0.6 is 11.3 Å². The van der Waals surface area contributed by atoms with Gasteiger partial charge in [-0.25, -0.2) is 9.37 Å². The molecule has 0 aliphatic heterocycles. The number of methoxy groups -OCH3 is 1. The number of aliphatic hydroxyl groups excluding tert-OH is 1. The lowest BCUT2D eigenvalue weighted by atomic mass is 9.71. The van der Waals surface area contributed by atoms with Crippen molar-refractivity contribution >= 4 is 27.0 Å². The Hall–Kier alpha value is -2.53. The number of ether oxygens (including phenoxy) is 1. The summed E-state index contributed by atoms with van der Waals surface area (Å²) in [5.74, 6) is -0.502. The van der Waals surface area contributed by atoms with Gasteiger partial charge in [0.15, 0.2) is 11.3 Å². The zero-order valence-electron chi connectivity index (χ0n) is 21.4. The van der Waals surface area contributed by atoms with Gasteiger partial charge in [-0.3, -0.25) is 4.72 Å². The predicted molar refractivity (Wildman–Crippen MR) is 143 cm³/mol. The molecule has 0 spiro atoms. The highest BCUT2D eigenvalue weighted by atomic mass is 32.2. The third-order valence-corrected chi connectivity index (χ3v) is 9.42. The first-order valence-electron chi connectivity index (χ1n) is 12.3. The lowest BCUT2D eigenvalue weighted by molar-refractivity contribution is -0.0450. The van der Waals surface area contributed by atoms with E-state index in [0.717, 1.165) is 29.7 Å². The van der Waals surface area contributed by atoms with E-state index in [9.17, 15) is 23.0 Å². The van der Waals surface area contributed by atoms with Crippen molar-refractivity contribution in [3.05, 3.63) is 58.2 Å². The second-order valence-corrected chi connectivity index (χ2v) is 12.7. The van der Waals surface area contributed by atoms with Crippen LogP contribution in [-0.4, -0.2) is 30.7 Å². The molecule has 2 aromatic carbocycles. The molecule has 1 heterocycles. The predicted octanol–water partition coefficient (Wildman–Crippen LogP) is 5.99. The maximum absolute atomic E-state index is 14.3. The van der Waals surface area contributed by atoms with E-state index in [-0.39, 0.29) is 16.5 Å². The SMILES string of the molecule is CCc1cc(C2CCC(C)(C)CC2)ccc1-c1nc(S(=O)(=O)Nc2cc(F)c(C(O)O)cc2OC)cs1. The molecule has 0 atom stereocenters. The lowest BCUT2D eigenvalue weighted by Gasteiger charge is -2.34. The Morgan fingerprint density at radius 2 is 1.92 bits per heavy atom. The molecular weight excluding hydrogens is 515 g/mol. The average molecular weight is 549 g/mol. The molecule has 0 amide bonds. The number of benzene rings is 2. The van der Waals surface area contributed by atoms with E-state index in [4.69, 9.17) is 4.74 Å². The van der Waals surface area contributed by atoms with Gasteiger partial charge in [0.25, 0.3) is 10.0 Å². The van der Waals surface area contributed by atoms with Crippen LogP contribution in [0.15, 0.2) is 40.7 Å². The van der Waals surface area contributed by atoms with E-state index in [2.05, 4.69) is 42.6 Å². The van der Waals surface area contributed by atoms with Crippen LogP contribution < -0.4 is 9.46 Å². The molecule has 1 aromatic heterocycles. The largest absolute Gasteiger partial charge is 0.495 e. The van der Waals surface area contributed by atoms with Crippen LogP contribution in [0.5, 0.6) is 5.75 Å². The molecule has 200 valence electrons.